The van der Waals surface area contributed by atoms with E-state index in [4.69, 9.17) is 9.47 Å². The summed E-state index contributed by atoms with van der Waals surface area (Å²) < 4.78 is 62.2. The minimum Gasteiger partial charge on any atom is -0.486 e. The topological polar surface area (TPSA) is 98.8 Å². The van der Waals surface area contributed by atoms with Crippen LogP contribution < -0.4 is 14.2 Å². The van der Waals surface area contributed by atoms with Crippen LogP contribution in [0.2, 0.25) is 0 Å². The molecular weight excluding hydrogens is 446 g/mol. The fraction of sp³-hybridized carbons (Fsp3) is 0.250. The predicted octanol–water partition coefficient (Wildman–Crippen LogP) is 2.10. The molecule has 10 heteroatoms. The first-order chi connectivity index (χ1) is 12.2. The molecule has 3 rings (SSSR count). The zero-order valence-electron chi connectivity index (χ0n) is 13.7. The molecule has 0 unspecified atom stereocenters. The molecule has 0 fully saturated rings. The maximum absolute atomic E-state index is 12.6. The first-order valence-electron chi connectivity index (χ1n) is 7.55. The van der Waals surface area contributed by atoms with Gasteiger partial charge in [-0.15, -0.1) is 0 Å². The maximum atomic E-state index is 12.6. The molecule has 7 nitrogen and oxygen atoms in total. The average molecular weight is 462 g/mol. The second-order valence-electron chi connectivity index (χ2n) is 5.67. The Balaban J connectivity index is 1.84. The lowest BCUT2D eigenvalue weighted by molar-refractivity contribution is 0.171. The highest BCUT2D eigenvalue weighted by atomic mass is 79.9. The quantitative estimate of drug-likeness (QED) is 0.731. The van der Waals surface area contributed by atoms with Crippen molar-refractivity contribution >= 4 is 35.8 Å². The number of fused-ring (bicyclic) bond motifs is 1. The van der Waals surface area contributed by atoms with E-state index in [0.29, 0.717) is 30.3 Å². The molecule has 0 amide bonds. The number of nitrogens with one attached hydrogen (secondary N) is 1. The van der Waals surface area contributed by atoms with Gasteiger partial charge >= 0.3 is 0 Å². The number of rotatable bonds is 5. The van der Waals surface area contributed by atoms with E-state index in [9.17, 15) is 16.8 Å². The standard InChI is InChI=1S/C16H16BrNO6S2/c1-25(19,20)12-3-4-13(17)16(9-12)26(21,22)18-10-11-2-5-14-15(8-11)24-7-6-23-14/h2-5,8-9,18H,6-7,10H2,1H3. The third kappa shape index (κ3) is 4.20. The second kappa shape index (κ2) is 7.18. The van der Waals surface area contributed by atoms with Gasteiger partial charge in [0.1, 0.15) is 13.2 Å². The summed E-state index contributed by atoms with van der Waals surface area (Å²) in [6.07, 6.45) is 1.02. The molecule has 0 bridgehead atoms. The van der Waals surface area contributed by atoms with Crippen molar-refractivity contribution in [1.82, 2.24) is 4.72 Å². The molecule has 1 heterocycles. The van der Waals surface area contributed by atoms with Crippen molar-refractivity contribution in [2.75, 3.05) is 19.5 Å². The van der Waals surface area contributed by atoms with Crippen LogP contribution in [0.1, 0.15) is 5.56 Å². The highest BCUT2D eigenvalue weighted by Crippen LogP contribution is 2.31. The molecular formula is C16H16BrNO6S2. The first-order valence-corrected chi connectivity index (χ1v) is 11.7. The molecule has 0 aromatic heterocycles. The molecule has 2 aromatic rings. The molecule has 2 aromatic carbocycles. The Morgan fingerprint density at radius 3 is 2.38 bits per heavy atom. The second-order valence-corrected chi connectivity index (χ2v) is 10.3. The van der Waals surface area contributed by atoms with E-state index < -0.39 is 19.9 Å². The van der Waals surface area contributed by atoms with Gasteiger partial charge in [0.25, 0.3) is 0 Å². The van der Waals surface area contributed by atoms with Crippen LogP contribution >= 0.6 is 15.9 Å². The van der Waals surface area contributed by atoms with Crippen molar-refractivity contribution in [3.8, 4) is 11.5 Å². The molecule has 0 spiro atoms. The summed E-state index contributed by atoms with van der Waals surface area (Å²) in [6, 6.07) is 9.04. The van der Waals surface area contributed by atoms with Gasteiger partial charge in [-0.05, 0) is 51.8 Å². The number of hydrogen-bond acceptors (Lipinski definition) is 6. The van der Waals surface area contributed by atoms with Gasteiger partial charge in [0.2, 0.25) is 10.0 Å². The van der Waals surface area contributed by atoms with Gasteiger partial charge in [-0.25, -0.2) is 21.6 Å². The molecule has 140 valence electrons. The molecule has 0 saturated carbocycles. The molecule has 0 saturated heterocycles. The van der Waals surface area contributed by atoms with Crippen LogP contribution in [-0.4, -0.2) is 36.3 Å². The van der Waals surface area contributed by atoms with Gasteiger partial charge < -0.3 is 9.47 Å². The van der Waals surface area contributed by atoms with Crippen molar-refractivity contribution in [3.63, 3.8) is 0 Å². The first kappa shape index (κ1) is 19.2. The normalized spacial score (nSPS) is 14.2. The van der Waals surface area contributed by atoms with Crippen LogP contribution in [0.15, 0.2) is 50.7 Å². The summed E-state index contributed by atoms with van der Waals surface area (Å²) in [5, 5.41) is 0. The number of ether oxygens (including phenoxy) is 2. The van der Waals surface area contributed by atoms with Crippen LogP contribution in [-0.2, 0) is 26.4 Å². The summed E-state index contributed by atoms with van der Waals surface area (Å²) in [5.74, 6) is 1.18. The number of halogens is 1. The van der Waals surface area contributed by atoms with Crippen molar-refractivity contribution in [3.05, 3.63) is 46.4 Å². The summed E-state index contributed by atoms with van der Waals surface area (Å²) in [6.45, 7) is 0.936. The summed E-state index contributed by atoms with van der Waals surface area (Å²) in [7, 11) is -7.45. The summed E-state index contributed by atoms with van der Waals surface area (Å²) in [5.41, 5.74) is 0.688. The fourth-order valence-corrected chi connectivity index (χ4v) is 5.10. The monoisotopic (exact) mass is 461 g/mol. The predicted molar refractivity (Wildman–Crippen MR) is 98.7 cm³/mol. The van der Waals surface area contributed by atoms with Gasteiger partial charge in [-0.3, -0.25) is 0 Å². The number of sulfonamides is 1. The largest absolute Gasteiger partial charge is 0.486 e. The van der Waals surface area contributed by atoms with E-state index in [-0.39, 0.29) is 20.8 Å². The lowest BCUT2D eigenvalue weighted by atomic mass is 10.2. The number of hydrogen-bond donors (Lipinski definition) is 1. The van der Waals surface area contributed by atoms with Crippen molar-refractivity contribution in [2.24, 2.45) is 0 Å². The molecule has 0 aliphatic carbocycles. The van der Waals surface area contributed by atoms with E-state index in [2.05, 4.69) is 20.7 Å². The SMILES string of the molecule is CS(=O)(=O)c1ccc(Br)c(S(=O)(=O)NCc2ccc3c(c2)OCCO3)c1. The fourth-order valence-electron chi connectivity index (χ4n) is 2.37. The van der Waals surface area contributed by atoms with E-state index in [0.717, 1.165) is 12.3 Å². The highest BCUT2D eigenvalue weighted by molar-refractivity contribution is 9.10. The Labute approximate surface area is 160 Å². The molecule has 0 atom stereocenters. The van der Waals surface area contributed by atoms with Crippen LogP contribution in [0, 0.1) is 0 Å². The Morgan fingerprint density at radius 1 is 1.00 bits per heavy atom. The van der Waals surface area contributed by atoms with Gasteiger partial charge in [-0.2, -0.15) is 0 Å². The van der Waals surface area contributed by atoms with Gasteiger partial charge in [0.05, 0.1) is 9.79 Å². The molecule has 0 radical (unpaired) electrons. The van der Waals surface area contributed by atoms with E-state index in [1.54, 1.807) is 18.2 Å². The van der Waals surface area contributed by atoms with Gasteiger partial charge in [-0.1, -0.05) is 6.07 Å². The summed E-state index contributed by atoms with van der Waals surface area (Å²) >= 11 is 3.16. The minimum atomic E-state index is -3.93. The van der Waals surface area contributed by atoms with E-state index in [1.807, 2.05) is 0 Å². The number of benzene rings is 2. The lowest BCUT2D eigenvalue weighted by Gasteiger charge is -2.19. The van der Waals surface area contributed by atoms with Crippen LogP contribution in [0.4, 0.5) is 0 Å². The van der Waals surface area contributed by atoms with Crippen molar-refractivity contribution in [2.45, 2.75) is 16.3 Å². The Bertz CT molecular complexity index is 1050. The highest BCUT2D eigenvalue weighted by Gasteiger charge is 2.21. The smallest absolute Gasteiger partial charge is 0.242 e. The van der Waals surface area contributed by atoms with Gasteiger partial charge in [0, 0.05) is 17.3 Å². The third-order valence-electron chi connectivity index (χ3n) is 3.69. The Morgan fingerprint density at radius 2 is 1.69 bits per heavy atom. The van der Waals surface area contributed by atoms with E-state index in [1.165, 1.54) is 12.1 Å². The molecule has 1 aliphatic heterocycles. The molecule has 26 heavy (non-hydrogen) atoms. The van der Waals surface area contributed by atoms with Crippen molar-refractivity contribution < 1.29 is 26.3 Å². The third-order valence-corrected chi connectivity index (χ3v) is 7.20. The Hall–Kier alpha value is -1.62. The van der Waals surface area contributed by atoms with E-state index >= 15 is 0 Å². The summed E-state index contributed by atoms with van der Waals surface area (Å²) in [4.78, 5) is -0.210. The molecule has 1 N–H and O–H groups in total. The molecule has 1 aliphatic rings. The van der Waals surface area contributed by atoms with Crippen molar-refractivity contribution in [1.29, 1.82) is 0 Å². The maximum Gasteiger partial charge on any atom is 0.242 e. The van der Waals surface area contributed by atoms with Crippen LogP contribution in [0.25, 0.3) is 0 Å². The number of sulfone groups is 1. The Kier molecular flexibility index (Phi) is 5.29. The van der Waals surface area contributed by atoms with Crippen LogP contribution in [0.3, 0.4) is 0 Å². The zero-order valence-corrected chi connectivity index (χ0v) is 16.9. The average Bonchev–Trinajstić information content (AvgIpc) is 2.59. The van der Waals surface area contributed by atoms with Gasteiger partial charge in [0.15, 0.2) is 21.3 Å². The van der Waals surface area contributed by atoms with Crippen LogP contribution in [0.5, 0.6) is 11.5 Å². The minimum absolute atomic E-state index is 0.0223. The zero-order chi connectivity index (χ0) is 18.9. The lowest BCUT2D eigenvalue weighted by Crippen LogP contribution is -2.24.